The lowest BCUT2D eigenvalue weighted by Gasteiger charge is -2.26. The molecule has 0 aliphatic carbocycles. The zero-order valence-corrected chi connectivity index (χ0v) is 20.0. The van der Waals surface area contributed by atoms with E-state index in [1.54, 1.807) is 23.3 Å². The van der Waals surface area contributed by atoms with Crippen LogP contribution in [0.2, 0.25) is 0 Å². The third-order valence-corrected chi connectivity index (χ3v) is 5.50. The summed E-state index contributed by atoms with van der Waals surface area (Å²) in [6, 6.07) is 0.0594. The summed E-state index contributed by atoms with van der Waals surface area (Å²) >= 11 is 1.74. The van der Waals surface area contributed by atoms with Crippen molar-refractivity contribution in [2.75, 3.05) is 47.3 Å². The fourth-order valence-corrected chi connectivity index (χ4v) is 3.97. The molecule has 1 saturated heterocycles. The number of likely N-dealkylation sites (tertiary alicyclic amines) is 1. The van der Waals surface area contributed by atoms with E-state index in [0.29, 0.717) is 0 Å². The number of hydrogen-bond acceptors (Lipinski definition) is 5. The molecule has 1 aromatic rings. The quantitative estimate of drug-likeness (QED) is 0.242. The first-order chi connectivity index (χ1) is 12.5. The van der Waals surface area contributed by atoms with Gasteiger partial charge >= 0.3 is 0 Å². The van der Waals surface area contributed by atoms with Crippen molar-refractivity contribution in [2.24, 2.45) is 4.99 Å². The van der Waals surface area contributed by atoms with Crippen molar-refractivity contribution in [1.29, 1.82) is 0 Å². The smallest absolute Gasteiger partial charge is 0.239 e. The molecular formula is C18H33IN6OS. The number of aryl methyl sites for hydroxylation is 1. The van der Waals surface area contributed by atoms with Crippen LogP contribution in [0.3, 0.4) is 0 Å². The van der Waals surface area contributed by atoms with E-state index >= 15 is 0 Å². The van der Waals surface area contributed by atoms with Gasteiger partial charge in [0.05, 0.1) is 11.0 Å². The summed E-state index contributed by atoms with van der Waals surface area (Å²) in [4.78, 5) is 26.1. The van der Waals surface area contributed by atoms with Crippen molar-refractivity contribution in [3.8, 4) is 0 Å². The number of carbonyl (C=O) groups is 1. The number of aromatic nitrogens is 1. The van der Waals surface area contributed by atoms with E-state index in [0.717, 1.165) is 62.8 Å². The molecule has 154 valence electrons. The summed E-state index contributed by atoms with van der Waals surface area (Å²) < 4.78 is 0. The molecule has 1 atom stereocenters. The molecule has 7 nitrogen and oxygen atoms in total. The van der Waals surface area contributed by atoms with Crippen LogP contribution < -0.4 is 10.6 Å². The molecule has 1 amide bonds. The predicted molar refractivity (Wildman–Crippen MR) is 123 cm³/mol. The highest BCUT2D eigenvalue weighted by Gasteiger charge is 2.30. The summed E-state index contributed by atoms with van der Waals surface area (Å²) in [7, 11) is 5.46. The Kier molecular flexibility index (Phi) is 11.2. The maximum absolute atomic E-state index is 12.2. The van der Waals surface area contributed by atoms with Gasteiger partial charge in [0.25, 0.3) is 0 Å². The monoisotopic (exact) mass is 508 g/mol. The summed E-state index contributed by atoms with van der Waals surface area (Å²) in [5.41, 5.74) is 0. The number of likely N-dealkylation sites (N-methyl/N-ethyl adjacent to an activating group) is 1. The van der Waals surface area contributed by atoms with Crippen molar-refractivity contribution >= 4 is 47.2 Å². The molecule has 1 unspecified atom stereocenters. The van der Waals surface area contributed by atoms with E-state index < -0.39 is 0 Å². The van der Waals surface area contributed by atoms with Gasteiger partial charge in [-0.3, -0.25) is 14.7 Å². The van der Waals surface area contributed by atoms with Gasteiger partial charge in [-0.1, -0.05) is 0 Å². The Labute approximate surface area is 184 Å². The van der Waals surface area contributed by atoms with Gasteiger partial charge in [0.1, 0.15) is 0 Å². The highest BCUT2D eigenvalue weighted by molar-refractivity contribution is 14.0. The molecule has 0 bridgehead atoms. The van der Waals surface area contributed by atoms with Crippen molar-refractivity contribution in [2.45, 2.75) is 38.6 Å². The normalized spacial score (nSPS) is 17.5. The fraction of sp³-hybridized carbons (Fsp3) is 0.722. The zero-order chi connectivity index (χ0) is 18.9. The molecule has 2 N–H and O–H groups in total. The van der Waals surface area contributed by atoms with Gasteiger partial charge in [0.15, 0.2) is 5.96 Å². The van der Waals surface area contributed by atoms with Crippen LogP contribution in [0.4, 0.5) is 0 Å². The van der Waals surface area contributed by atoms with Crippen molar-refractivity contribution in [3.05, 3.63) is 16.1 Å². The lowest BCUT2D eigenvalue weighted by atomic mass is 10.2. The van der Waals surface area contributed by atoms with Gasteiger partial charge in [-0.25, -0.2) is 4.98 Å². The van der Waals surface area contributed by atoms with Crippen LogP contribution in [-0.2, 0) is 11.2 Å². The average molecular weight is 508 g/mol. The molecule has 1 aliphatic heterocycles. The summed E-state index contributed by atoms with van der Waals surface area (Å²) in [5.74, 6) is 1.05. The molecule has 1 aromatic heterocycles. The number of halogens is 1. The minimum absolute atomic E-state index is 0. The van der Waals surface area contributed by atoms with Crippen LogP contribution in [0.15, 0.2) is 11.2 Å². The average Bonchev–Trinajstić information content (AvgIpc) is 3.25. The number of nitrogens with one attached hydrogen (secondary N) is 2. The molecule has 0 spiro atoms. The number of carbonyl (C=O) groups excluding carboxylic acids is 1. The molecule has 0 aromatic carbocycles. The van der Waals surface area contributed by atoms with E-state index in [1.807, 2.05) is 20.3 Å². The Balaban J connectivity index is 0.00000364. The van der Waals surface area contributed by atoms with E-state index in [1.165, 1.54) is 4.88 Å². The van der Waals surface area contributed by atoms with Gasteiger partial charge < -0.3 is 15.5 Å². The number of guanidine groups is 1. The largest absolute Gasteiger partial charge is 0.356 e. The SMILES string of the molecule is CN=C(NCCCN1CCCC1C(=O)N(C)C)NCCc1ncc(C)s1.I. The van der Waals surface area contributed by atoms with E-state index in [9.17, 15) is 4.79 Å². The van der Waals surface area contributed by atoms with Gasteiger partial charge in [0.2, 0.25) is 5.91 Å². The van der Waals surface area contributed by atoms with Gasteiger partial charge in [-0.05, 0) is 32.7 Å². The van der Waals surface area contributed by atoms with Gasteiger partial charge in [0, 0.05) is 58.3 Å². The maximum atomic E-state index is 12.2. The second-order valence-electron chi connectivity index (χ2n) is 6.82. The highest BCUT2D eigenvalue weighted by atomic mass is 127. The molecule has 2 rings (SSSR count). The Morgan fingerprint density at radius 3 is 2.78 bits per heavy atom. The van der Waals surface area contributed by atoms with Gasteiger partial charge in [-0.2, -0.15) is 0 Å². The Morgan fingerprint density at radius 2 is 2.15 bits per heavy atom. The van der Waals surface area contributed by atoms with Crippen LogP contribution in [0.5, 0.6) is 0 Å². The number of rotatable bonds is 8. The first-order valence-electron chi connectivity index (χ1n) is 9.32. The van der Waals surface area contributed by atoms with Crippen molar-refractivity contribution in [1.82, 2.24) is 25.4 Å². The molecular weight excluding hydrogens is 475 g/mol. The lowest BCUT2D eigenvalue weighted by molar-refractivity contribution is -0.133. The standard InChI is InChI=1S/C18H32N6OS.HI/c1-14-13-22-16(26-14)8-10-21-18(19-2)20-9-6-12-24-11-5-7-15(24)17(25)23(3)4;/h13,15H,5-12H2,1-4H3,(H2,19,20,21);1H. The predicted octanol–water partition coefficient (Wildman–Crippen LogP) is 1.72. The van der Waals surface area contributed by atoms with Gasteiger partial charge in [-0.15, -0.1) is 35.3 Å². The lowest BCUT2D eigenvalue weighted by Crippen LogP contribution is -2.44. The van der Waals surface area contributed by atoms with Crippen molar-refractivity contribution < 1.29 is 4.79 Å². The molecule has 9 heteroatoms. The Bertz CT molecular complexity index is 606. The van der Waals surface area contributed by atoms with Crippen LogP contribution >= 0.6 is 35.3 Å². The number of hydrogen-bond donors (Lipinski definition) is 2. The zero-order valence-electron chi connectivity index (χ0n) is 16.8. The second-order valence-corrected chi connectivity index (χ2v) is 8.14. The number of thiazole rings is 1. The Hall–Kier alpha value is -0.940. The number of aliphatic imine (C=N–C) groups is 1. The van der Waals surface area contributed by atoms with Crippen LogP contribution in [0, 0.1) is 6.92 Å². The van der Waals surface area contributed by atoms with Crippen LogP contribution in [0.25, 0.3) is 0 Å². The third-order valence-electron chi connectivity index (χ3n) is 4.53. The number of amides is 1. The first kappa shape index (κ1) is 24.1. The molecule has 27 heavy (non-hydrogen) atoms. The van der Waals surface area contributed by atoms with E-state index in [-0.39, 0.29) is 35.9 Å². The first-order valence-corrected chi connectivity index (χ1v) is 10.1. The maximum Gasteiger partial charge on any atom is 0.239 e. The number of nitrogens with zero attached hydrogens (tertiary/aromatic N) is 4. The minimum Gasteiger partial charge on any atom is -0.356 e. The molecule has 0 radical (unpaired) electrons. The van der Waals surface area contributed by atoms with E-state index in [2.05, 4.69) is 32.4 Å². The fourth-order valence-electron chi connectivity index (χ4n) is 3.19. The molecule has 1 fully saturated rings. The molecule has 0 saturated carbocycles. The molecule has 1 aliphatic rings. The van der Waals surface area contributed by atoms with Crippen molar-refractivity contribution in [3.63, 3.8) is 0 Å². The summed E-state index contributed by atoms with van der Waals surface area (Å²) in [6.07, 6.45) is 5.89. The second kappa shape index (κ2) is 12.5. The highest BCUT2D eigenvalue weighted by Crippen LogP contribution is 2.18. The van der Waals surface area contributed by atoms with Crippen LogP contribution in [0.1, 0.15) is 29.1 Å². The minimum atomic E-state index is 0. The topological polar surface area (TPSA) is 72.9 Å². The van der Waals surface area contributed by atoms with Crippen LogP contribution in [-0.4, -0.2) is 80.0 Å². The third kappa shape index (κ3) is 7.90. The van der Waals surface area contributed by atoms with E-state index in [4.69, 9.17) is 0 Å². The summed E-state index contributed by atoms with van der Waals surface area (Å²) in [6.45, 7) is 5.69. The molecule has 2 heterocycles. The summed E-state index contributed by atoms with van der Waals surface area (Å²) in [5, 5.41) is 7.83. The Morgan fingerprint density at radius 1 is 1.41 bits per heavy atom.